The highest BCUT2D eigenvalue weighted by Gasteiger charge is 2.08. The number of aryl methyl sites for hydroxylation is 1. The van der Waals surface area contributed by atoms with Gasteiger partial charge in [-0.2, -0.15) is 5.26 Å². The van der Waals surface area contributed by atoms with Gasteiger partial charge in [0.15, 0.2) is 0 Å². The lowest BCUT2D eigenvalue weighted by Crippen LogP contribution is -2.21. The van der Waals surface area contributed by atoms with E-state index in [2.05, 4.69) is 11.4 Å². The summed E-state index contributed by atoms with van der Waals surface area (Å²) < 4.78 is 5.33. The minimum absolute atomic E-state index is 0.0527. The SMILES string of the molecule is CCC(C#N)CNCc1cc(Cl)c(C)cc1OC. The summed E-state index contributed by atoms with van der Waals surface area (Å²) in [5, 5.41) is 12.9. The first-order chi connectivity index (χ1) is 8.62. The fourth-order valence-electron chi connectivity index (χ4n) is 1.69. The third-order valence-corrected chi connectivity index (χ3v) is 3.35. The van der Waals surface area contributed by atoms with E-state index in [9.17, 15) is 0 Å². The van der Waals surface area contributed by atoms with E-state index in [1.54, 1.807) is 7.11 Å². The van der Waals surface area contributed by atoms with Gasteiger partial charge in [-0.05, 0) is 31.0 Å². The van der Waals surface area contributed by atoms with Crippen molar-refractivity contribution in [1.82, 2.24) is 5.32 Å². The number of halogens is 1. The molecule has 1 rings (SSSR count). The standard InChI is InChI=1S/C14H19ClN2O/c1-4-11(7-16)8-17-9-12-6-13(15)10(2)5-14(12)18-3/h5-6,11,17H,4,8-9H2,1-3H3. The maximum absolute atomic E-state index is 8.87. The summed E-state index contributed by atoms with van der Waals surface area (Å²) in [4.78, 5) is 0. The van der Waals surface area contributed by atoms with Crippen LogP contribution in [-0.4, -0.2) is 13.7 Å². The van der Waals surface area contributed by atoms with Crippen LogP contribution in [0.3, 0.4) is 0 Å². The van der Waals surface area contributed by atoms with Gasteiger partial charge in [0.05, 0.1) is 19.1 Å². The van der Waals surface area contributed by atoms with Crippen LogP contribution in [0, 0.1) is 24.2 Å². The van der Waals surface area contributed by atoms with Crippen LogP contribution in [0.15, 0.2) is 12.1 Å². The molecule has 0 saturated heterocycles. The third-order valence-electron chi connectivity index (χ3n) is 2.94. The van der Waals surface area contributed by atoms with Crippen molar-refractivity contribution in [2.75, 3.05) is 13.7 Å². The summed E-state index contributed by atoms with van der Waals surface area (Å²) >= 11 is 6.10. The van der Waals surface area contributed by atoms with Gasteiger partial charge in [0.2, 0.25) is 0 Å². The number of benzene rings is 1. The van der Waals surface area contributed by atoms with Gasteiger partial charge >= 0.3 is 0 Å². The molecule has 4 heteroatoms. The van der Waals surface area contributed by atoms with Crippen molar-refractivity contribution in [2.24, 2.45) is 5.92 Å². The van der Waals surface area contributed by atoms with E-state index < -0.39 is 0 Å². The number of rotatable bonds is 6. The van der Waals surface area contributed by atoms with E-state index in [1.165, 1.54) is 0 Å². The molecule has 0 heterocycles. The molecule has 18 heavy (non-hydrogen) atoms. The van der Waals surface area contributed by atoms with Crippen molar-refractivity contribution < 1.29 is 4.74 Å². The smallest absolute Gasteiger partial charge is 0.123 e. The Balaban J connectivity index is 2.67. The topological polar surface area (TPSA) is 45.0 Å². The number of nitrogens with one attached hydrogen (secondary N) is 1. The molecule has 0 aromatic heterocycles. The van der Waals surface area contributed by atoms with Crippen molar-refractivity contribution >= 4 is 11.6 Å². The second-order valence-electron chi connectivity index (χ2n) is 4.28. The van der Waals surface area contributed by atoms with Gasteiger partial charge in [-0.25, -0.2) is 0 Å². The van der Waals surface area contributed by atoms with Crippen LogP contribution >= 0.6 is 11.6 Å². The van der Waals surface area contributed by atoms with Crippen LogP contribution in [0.1, 0.15) is 24.5 Å². The fourth-order valence-corrected chi connectivity index (χ4v) is 1.87. The summed E-state index contributed by atoms with van der Waals surface area (Å²) in [6.07, 6.45) is 0.856. The van der Waals surface area contributed by atoms with Crippen molar-refractivity contribution in [2.45, 2.75) is 26.8 Å². The molecule has 1 atom stereocenters. The molecule has 0 amide bonds. The number of nitrogens with zero attached hydrogens (tertiary/aromatic N) is 1. The van der Waals surface area contributed by atoms with Gasteiger partial charge in [0.25, 0.3) is 0 Å². The van der Waals surface area contributed by atoms with E-state index in [-0.39, 0.29) is 5.92 Å². The van der Waals surface area contributed by atoms with Crippen LogP contribution in [-0.2, 0) is 6.54 Å². The molecule has 0 aliphatic carbocycles. The van der Waals surface area contributed by atoms with Crippen LogP contribution in [0.5, 0.6) is 5.75 Å². The predicted molar refractivity (Wildman–Crippen MR) is 73.8 cm³/mol. The zero-order valence-electron chi connectivity index (χ0n) is 11.1. The molecule has 98 valence electrons. The summed E-state index contributed by atoms with van der Waals surface area (Å²) in [6.45, 7) is 5.30. The van der Waals surface area contributed by atoms with Gasteiger partial charge in [0.1, 0.15) is 5.75 Å². The normalized spacial score (nSPS) is 11.9. The first kappa shape index (κ1) is 14.8. The maximum Gasteiger partial charge on any atom is 0.123 e. The monoisotopic (exact) mass is 266 g/mol. The molecule has 0 aliphatic heterocycles. The van der Waals surface area contributed by atoms with Gasteiger partial charge in [-0.15, -0.1) is 0 Å². The van der Waals surface area contributed by atoms with E-state index in [0.29, 0.717) is 13.1 Å². The van der Waals surface area contributed by atoms with E-state index in [1.807, 2.05) is 26.0 Å². The highest BCUT2D eigenvalue weighted by Crippen LogP contribution is 2.26. The zero-order valence-corrected chi connectivity index (χ0v) is 11.8. The molecule has 1 aromatic rings. The predicted octanol–water partition coefficient (Wildman–Crippen LogP) is 3.30. The van der Waals surface area contributed by atoms with Gasteiger partial charge in [-0.1, -0.05) is 18.5 Å². The third kappa shape index (κ3) is 3.90. The number of hydrogen-bond donors (Lipinski definition) is 1. The summed E-state index contributed by atoms with van der Waals surface area (Å²) in [5.74, 6) is 0.881. The quantitative estimate of drug-likeness (QED) is 0.859. The number of ether oxygens (including phenoxy) is 1. The molecule has 0 bridgehead atoms. The lowest BCUT2D eigenvalue weighted by atomic mass is 10.1. The molecule has 0 fully saturated rings. The Bertz CT molecular complexity index is 440. The lowest BCUT2D eigenvalue weighted by molar-refractivity contribution is 0.406. The van der Waals surface area contributed by atoms with E-state index in [4.69, 9.17) is 21.6 Å². The van der Waals surface area contributed by atoms with Crippen LogP contribution in [0.2, 0.25) is 5.02 Å². The van der Waals surface area contributed by atoms with Gasteiger partial charge in [0, 0.05) is 23.7 Å². The van der Waals surface area contributed by atoms with Crippen molar-refractivity contribution in [3.63, 3.8) is 0 Å². The molecular weight excluding hydrogens is 248 g/mol. The molecular formula is C14H19ClN2O. The number of hydrogen-bond acceptors (Lipinski definition) is 3. The van der Waals surface area contributed by atoms with Crippen LogP contribution in [0.25, 0.3) is 0 Å². The largest absolute Gasteiger partial charge is 0.496 e. The maximum atomic E-state index is 8.87. The average Bonchev–Trinajstić information content (AvgIpc) is 2.38. The molecule has 1 aromatic carbocycles. The van der Waals surface area contributed by atoms with Crippen LogP contribution < -0.4 is 10.1 Å². The fraction of sp³-hybridized carbons (Fsp3) is 0.500. The van der Waals surface area contributed by atoms with E-state index in [0.717, 1.165) is 28.3 Å². The first-order valence-corrected chi connectivity index (χ1v) is 6.43. The van der Waals surface area contributed by atoms with E-state index >= 15 is 0 Å². The Morgan fingerprint density at radius 3 is 2.78 bits per heavy atom. The Hall–Kier alpha value is -1.24. The van der Waals surface area contributed by atoms with Crippen molar-refractivity contribution in [3.05, 3.63) is 28.3 Å². The first-order valence-electron chi connectivity index (χ1n) is 6.05. The van der Waals surface area contributed by atoms with Gasteiger partial charge in [-0.3, -0.25) is 0 Å². The highest BCUT2D eigenvalue weighted by atomic mass is 35.5. The zero-order chi connectivity index (χ0) is 13.5. The molecule has 3 nitrogen and oxygen atoms in total. The van der Waals surface area contributed by atoms with Crippen molar-refractivity contribution in [1.29, 1.82) is 5.26 Å². The lowest BCUT2D eigenvalue weighted by Gasteiger charge is -2.13. The molecule has 0 aliphatic rings. The number of methoxy groups -OCH3 is 1. The summed E-state index contributed by atoms with van der Waals surface area (Å²) in [6, 6.07) is 6.11. The Labute approximate surface area is 114 Å². The summed E-state index contributed by atoms with van der Waals surface area (Å²) in [5.41, 5.74) is 2.02. The summed E-state index contributed by atoms with van der Waals surface area (Å²) in [7, 11) is 1.65. The molecule has 0 radical (unpaired) electrons. The Morgan fingerprint density at radius 2 is 2.22 bits per heavy atom. The Morgan fingerprint density at radius 1 is 1.50 bits per heavy atom. The highest BCUT2D eigenvalue weighted by molar-refractivity contribution is 6.31. The molecule has 0 spiro atoms. The molecule has 0 saturated carbocycles. The minimum atomic E-state index is 0.0527. The number of nitriles is 1. The second kappa shape index (κ2) is 7.25. The van der Waals surface area contributed by atoms with Crippen molar-refractivity contribution in [3.8, 4) is 11.8 Å². The molecule has 1 unspecified atom stereocenters. The average molecular weight is 267 g/mol. The van der Waals surface area contributed by atoms with Gasteiger partial charge < -0.3 is 10.1 Å². The van der Waals surface area contributed by atoms with Crippen LogP contribution in [0.4, 0.5) is 0 Å². The molecule has 1 N–H and O–H groups in total. The Kier molecular flexibility index (Phi) is 5.97. The second-order valence-corrected chi connectivity index (χ2v) is 4.69. The minimum Gasteiger partial charge on any atom is -0.496 e.